The summed E-state index contributed by atoms with van der Waals surface area (Å²) in [7, 11) is 1.32. The molecule has 5 nitrogen and oxygen atoms in total. The first-order valence-electron chi connectivity index (χ1n) is 6.07. The van der Waals surface area contributed by atoms with Gasteiger partial charge in [-0.15, -0.1) is 0 Å². The summed E-state index contributed by atoms with van der Waals surface area (Å²) in [6, 6.07) is 11.9. The molecule has 1 heterocycles. The number of amides is 1. The lowest BCUT2D eigenvalue weighted by molar-refractivity contribution is -0.115. The van der Waals surface area contributed by atoms with E-state index in [0.717, 1.165) is 0 Å². The lowest BCUT2D eigenvalue weighted by Gasteiger charge is -2.05. The molecule has 0 unspecified atom stereocenters. The van der Waals surface area contributed by atoms with Crippen LogP contribution in [-0.2, 0) is 16.0 Å². The second kappa shape index (κ2) is 6.47. The average Bonchev–Trinajstić information content (AvgIpc) is 2.48. The number of carbonyl (C=O) groups excluding carboxylic acids is 2. The number of anilines is 1. The molecule has 0 saturated carbocycles. The average molecular weight is 270 g/mol. The molecule has 0 fully saturated rings. The molecule has 5 heteroatoms. The fourth-order valence-corrected chi connectivity index (χ4v) is 1.68. The summed E-state index contributed by atoms with van der Waals surface area (Å²) >= 11 is 0. The summed E-state index contributed by atoms with van der Waals surface area (Å²) < 4.78 is 4.60. The van der Waals surface area contributed by atoms with Crippen LogP contribution in [0.5, 0.6) is 0 Å². The highest BCUT2D eigenvalue weighted by atomic mass is 16.5. The number of ether oxygens (including phenoxy) is 1. The first-order valence-corrected chi connectivity index (χ1v) is 6.07. The second-order valence-corrected chi connectivity index (χ2v) is 4.11. The van der Waals surface area contributed by atoms with Gasteiger partial charge in [0.05, 0.1) is 19.1 Å². The zero-order valence-corrected chi connectivity index (χ0v) is 11.0. The van der Waals surface area contributed by atoms with Crippen LogP contribution in [0, 0.1) is 0 Å². The van der Waals surface area contributed by atoms with Gasteiger partial charge in [0.25, 0.3) is 0 Å². The normalized spacial score (nSPS) is 9.85. The molecule has 20 heavy (non-hydrogen) atoms. The van der Waals surface area contributed by atoms with E-state index in [1.807, 2.05) is 6.07 Å². The van der Waals surface area contributed by atoms with Crippen molar-refractivity contribution in [2.45, 2.75) is 6.42 Å². The summed E-state index contributed by atoms with van der Waals surface area (Å²) in [4.78, 5) is 27.2. The number of rotatable bonds is 4. The molecule has 1 amide bonds. The standard InChI is InChI=1S/C15H14N2O3/c1-20-15(19)11-5-7-12(8-6-11)17-14(18)10-13-4-2-3-9-16-13/h2-9H,10H2,1H3,(H,17,18). The second-order valence-electron chi connectivity index (χ2n) is 4.11. The van der Waals surface area contributed by atoms with Gasteiger partial charge in [-0.2, -0.15) is 0 Å². The van der Waals surface area contributed by atoms with E-state index in [9.17, 15) is 9.59 Å². The Morgan fingerprint density at radius 2 is 1.90 bits per heavy atom. The maximum absolute atomic E-state index is 11.8. The number of pyridine rings is 1. The van der Waals surface area contributed by atoms with E-state index >= 15 is 0 Å². The molecule has 0 aliphatic heterocycles. The van der Waals surface area contributed by atoms with Crippen molar-refractivity contribution in [2.24, 2.45) is 0 Å². The van der Waals surface area contributed by atoms with Crippen LogP contribution in [0.15, 0.2) is 48.7 Å². The van der Waals surface area contributed by atoms with Gasteiger partial charge in [-0.1, -0.05) is 6.07 Å². The molecule has 0 spiro atoms. The maximum atomic E-state index is 11.8. The number of benzene rings is 1. The van der Waals surface area contributed by atoms with Gasteiger partial charge < -0.3 is 10.1 Å². The Bertz CT molecular complexity index is 594. The Morgan fingerprint density at radius 3 is 2.50 bits per heavy atom. The Morgan fingerprint density at radius 1 is 1.15 bits per heavy atom. The number of carbonyl (C=O) groups is 2. The van der Waals surface area contributed by atoms with E-state index in [-0.39, 0.29) is 12.3 Å². The molecule has 1 aromatic carbocycles. The van der Waals surface area contributed by atoms with Gasteiger partial charge in [0.1, 0.15) is 0 Å². The zero-order chi connectivity index (χ0) is 14.4. The van der Waals surface area contributed by atoms with Gasteiger partial charge in [-0.05, 0) is 36.4 Å². The number of hydrogen-bond acceptors (Lipinski definition) is 4. The van der Waals surface area contributed by atoms with Gasteiger partial charge in [-0.25, -0.2) is 4.79 Å². The number of nitrogens with one attached hydrogen (secondary N) is 1. The van der Waals surface area contributed by atoms with Crippen LogP contribution in [0.25, 0.3) is 0 Å². The van der Waals surface area contributed by atoms with Crippen LogP contribution in [0.1, 0.15) is 16.1 Å². The van der Waals surface area contributed by atoms with Crippen LogP contribution in [0.3, 0.4) is 0 Å². The monoisotopic (exact) mass is 270 g/mol. The molecule has 0 atom stereocenters. The molecule has 1 aromatic heterocycles. The van der Waals surface area contributed by atoms with Crippen molar-refractivity contribution in [3.63, 3.8) is 0 Å². The van der Waals surface area contributed by atoms with Crippen molar-refractivity contribution < 1.29 is 14.3 Å². The predicted molar refractivity (Wildman–Crippen MR) is 74.4 cm³/mol. The lowest BCUT2D eigenvalue weighted by atomic mass is 10.2. The topological polar surface area (TPSA) is 68.3 Å². The third-order valence-corrected chi connectivity index (χ3v) is 2.66. The summed E-state index contributed by atoms with van der Waals surface area (Å²) in [6.07, 6.45) is 1.85. The number of methoxy groups -OCH3 is 1. The summed E-state index contributed by atoms with van der Waals surface area (Å²) in [5.41, 5.74) is 1.77. The molecular weight excluding hydrogens is 256 g/mol. The highest BCUT2D eigenvalue weighted by Gasteiger charge is 2.07. The van der Waals surface area contributed by atoms with Crippen molar-refractivity contribution in [1.29, 1.82) is 0 Å². The minimum atomic E-state index is -0.406. The quantitative estimate of drug-likeness (QED) is 0.863. The third kappa shape index (κ3) is 3.65. The molecule has 2 aromatic rings. The van der Waals surface area contributed by atoms with Gasteiger partial charge in [0.2, 0.25) is 5.91 Å². The smallest absolute Gasteiger partial charge is 0.337 e. The minimum absolute atomic E-state index is 0.158. The highest BCUT2D eigenvalue weighted by molar-refractivity contribution is 5.93. The van der Waals surface area contributed by atoms with Crippen molar-refractivity contribution in [2.75, 3.05) is 12.4 Å². The molecule has 0 aliphatic rings. The van der Waals surface area contributed by atoms with Gasteiger partial charge in [0.15, 0.2) is 0 Å². The minimum Gasteiger partial charge on any atom is -0.465 e. The molecule has 1 N–H and O–H groups in total. The molecule has 0 saturated heterocycles. The van der Waals surface area contributed by atoms with Gasteiger partial charge in [0, 0.05) is 17.6 Å². The molecule has 0 bridgehead atoms. The van der Waals surface area contributed by atoms with E-state index in [2.05, 4.69) is 15.0 Å². The fourth-order valence-electron chi connectivity index (χ4n) is 1.68. The number of hydrogen-bond donors (Lipinski definition) is 1. The van der Waals surface area contributed by atoms with E-state index < -0.39 is 5.97 Å². The summed E-state index contributed by atoms with van der Waals surface area (Å²) in [5.74, 6) is -0.564. The molecule has 0 aliphatic carbocycles. The van der Waals surface area contributed by atoms with Crippen molar-refractivity contribution in [3.8, 4) is 0 Å². The van der Waals surface area contributed by atoms with Crippen LogP contribution in [0.4, 0.5) is 5.69 Å². The zero-order valence-electron chi connectivity index (χ0n) is 11.0. The van der Waals surface area contributed by atoms with Crippen molar-refractivity contribution >= 4 is 17.6 Å². The van der Waals surface area contributed by atoms with E-state index in [0.29, 0.717) is 16.9 Å². The Hall–Kier alpha value is -2.69. The number of nitrogens with zero attached hydrogens (tertiary/aromatic N) is 1. The first kappa shape index (κ1) is 13.7. The van der Waals surface area contributed by atoms with Crippen LogP contribution < -0.4 is 5.32 Å². The lowest BCUT2D eigenvalue weighted by Crippen LogP contribution is -2.15. The fraction of sp³-hybridized carbons (Fsp3) is 0.133. The number of aromatic nitrogens is 1. The Labute approximate surface area is 116 Å². The molecule has 2 rings (SSSR count). The SMILES string of the molecule is COC(=O)c1ccc(NC(=O)Cc2ccccn2)cc1. The van der Waals surface area contributed by atoms with Crippen molar-refractivity contribution in [1.82, 2.24) is 4.98 Å². The molecule has 0 radical (unpaired) electrons. The van der Waals surface area contributed by atoms with E-state index in [4.69, 9.17) is 0 Å². The summed E-state index contributed by atoms with van der Waals surface area (Å²) in [5, 5.41) is 2.74. The predicted octanol–water partition coefficient (Wildman–Crippen LogP) is 2.05. The van der Waals surface area contributed by atoms with E-state index in [1.54, 1.807) is 42.6 Å². The third-order valence-electron chi connectivity index (χ3n) is 2.66. The highest BCUT2D eigenvalue weighted by Crippen LogP contribution is 2.11. The van der Waals surface area contributed by atoms with Crippen molar-refractivity contribution in [3.05, 3.63) is 59.9 Å². The largest absolute Gasteiger partial charge is 0.465 e. The first-order chi connectivity index (χ1) is 9.69. The Kier molecular flexibility index (Phi) is 4.44. The number of esters is 1. The van der Waals surface area contributed by atoms with Crippen LogP contribution >= 0.6 is 0 Å². The molecular formula is C15H14N2O3. The van der Waals surface area contributed by atoms with Gasteiger partial charge >= 0.3 is 5.97 Å². The van der Waals surface area contributed by atoms with Crippen LogP contribution in [-0.4, -0.2) is 24.0 Å². The molecule has 102 valence electrons. The van der Waals surface area contributed by atoms with E-state index in [1.165, 1.54) is 7.11 Å². The Balaban J connectivity index is 1.96. The van der Waals surface area contributed by atoms with Gasteiger partial charge in [-0.3, -0.25) is 9.78 Å². The van der Waals surface area contributed by atoms with Crippen LogP contribution in [0.2, 0.25) is 0 Å². The maximum Gasteiger partial charge on any atom is 0.337 e. The summed E-state index contributed by atoms with van der Waals surface area (Å²) in [6.45, 7) is 0.